The van der Waals surface area contributed by atoms with E-state index in [-0.39, 0.29) is 0 Å². The Morgan fingerprint density at radius 1 is 1.05 bits per heavy atom. The van der Waals surface area contributed by atoms with E-state index < -0.39 is 34.4 Å². The zero-order valence-electron chi connectivity index (χ0n) is 8.67. The third-order valence-electron chi connectivity index (χ3n) is 2.09. The van der Waals surface area contributed by atoms with Gasteiger partial charge in [-0.15, -0.1) is 11.3 Å². The Morgan fingerprint density at radius 3 is 1.95 bits per heavy atom. The van der Waals surface area contributed by atoms with Crippen molar-refractivity contribution in [2.75, 3.05) is 0 Å². The van der Waals surface area contributed by atoms with Gasteiger partial charge in [-0.2, -0.15) is 26.3 Å². The lowest BCUT2D eigenvalue weighted by Crippen LogP contribution is -2.60. The minimum Gasteiger partial charge on any atom is -0.477 e. The van der Waals surface area contributed by atoms with Gasteiger partial charge in [-0.3, -0.25) is 4.79 Å². The van der Waals surface area contributed by atoms with Crippen molar-refractivity contribution in [2.24, 2.45) is 0 Å². The number of halogens is 6. The van der Waals surface area contributed by atoms with Gasteiger partial charge in [-0.25, -0.2) is 4.79 Å². The minimum absolute atomic E-state index is 0.338. The van der Waals surface area contributed by atoms with Crippen molar-refractivity contribution in [3.05, 3.63) is 22.4 Å². The number of carbonyl (C=O) groups excluding carboxylic acids is 1. The smallest absolute Gasteiger partial charge is 0.411 e. The van der Waals surface area contributed by atoms with Crippen molar-refractivity contribution < 1.29 is 41.0 Å². The molecule has 106 valence electrons. The lowest BCUT2D eigenvalue weighted by molar-refractivity contribution is -0.285. The molecule has 0 radical (unpaired) electrons. The molecule has 0 aliphatic heterocycles. The van der Waals surface area contributed by atoms with Crippen molar-refractivity contribution in [1.29, 1.82) is 0 Å². The van der Waals surface area contributed by atoms with Crippen molar-refractivity contribution >= 4 is 23.1 Å². The van der Waals surface area contributed by atoms with Gasteiger partial charge in [-0.1, -0.05) is 6.07 Å². The fraction of sp³-hybridized carbons (Fsp3) is 0.333. The molecule has 0 saturated heterocycles. The maximum Gasteiger partial charge on any atom is 0.411 e. The van der Waals surface area contributed by atoms with E-state index in [1.54, 1.807) is 0 Å². The van der Waals surface area contributed by atoms with Gasteiger partial charge in [0.2, 0.25) is 5.78 Å². The summed E-state index contributed by atoms with van der Waals surface area (Å²) in [5.74, 6) is -24.3. The molecule has 1 aromatic heterocycles. The normalized spacial score (nSPS) is 13.4. The first-order chi connectivity index (χ1) is 8.46. The van der Waals surface area contributed by atoms with E-state index >= 15 is 0 Å². The van der Waals surface area contributed by atoms with E-state index in [2.05, 4.69) is 0 Å². The van der Waals surface area contributed by atoms with Crippen molar-refractivity contribution in [3.63, 3.8) is 0 Å². The Balaban J connectivity index is 3.26. The Kier molecular flexibility index (Phi) is 3.67. The van der Waals surface area contributed by atoms with Crippen LogP contribution in [0.5, 0.6) is 0 Å². The molecule has 0 fully saturated rings. The highest BCUT2D eigenvalue weighted by molar-refractivity contribution is 7.12. The highest BCUT2D eigenvalue weighted by atomic mass is 32.1. The summed E-state index contributed by atoms with van der Waals surface area (Å²) >= 11 is 0.338. The van der Waals surface area contributed by atoms with Gasteiger partial charge in [0.05, 0.1) is 4.88 Å². The number of Topliss-reactive ketones (excluding diaryl/α,β-unsaturated/α-hetero) is 1. The molecule has 3 nitrogen and oxygen atoms in total. The number of aliphatic carboxylic acids is 1. The van der Waals surface area contributed by atoms with Crippen LogP contribution in [0, 0.1) is 0 Å². The Bertz CT molecular complexity index is 496. The van der Waals surface area contributed by atoms with Crippen LogP contribution in [0.1, 0.15) is 9.67 Å². The SMILES string of the molecule is O=C(O)C(F)(F)C(F)(F)C(F)(F)C(=O)c1cccs1. The number of carbonyl (C=O) groups is 2. The first-order valence-corrected chi connectivity index (χ1v) is 5.29. The van der Waals surface area contributed by atoms with Crippen LogP contribution in [-0.2, 0) is 4.79 Å². The van der Waals surface area contributed by atoms with Crippen LogP contribution < -0.4 is 0 Å². The highest BCUT2D eigenvalue weighted by Crippen LogP contribution is 2.47. The molecule has 1 N–H and O–H groups in total. The van der Waals surface area contributed by atoms with Crippen molar-refractivity contribution in [2.45, 2.75) is 17.8 Å². The summed E-state index contributed by atoms with van der Waals surface area (Å²) in [6, 6.07) is 1.80. The summed E-state index contributed by atoms with van der Waals surface area (Å²) in [5.41, 5.74) is 0. The molecule has 0 aliphatic carbocycles. The molecule has 0 saturated carbocycles. The van der Waals surface area contributed by atoms with E-state index in [1.165, 1.54) is 0 Å². The molecule has 0 amide bonds. The second kappa shape index (κ2) is 4.51. The lowest BCUT2D eigenvalue weighted by Gasteiger charge is -2.28. The standard InChI is InChI=1S/C9H4F6O3S/c10-7(11,5(16)4-2-1-3-19-4)9(14,15)8(12,13)6(17)18/h1-3H,(H,17,18). The predicted octanol–water partition coefficient (Wildman–Crippen LogP) is 2.92. The summed E-state index contributed by atoms with van der Waals surface area (Å²) in [5, 5.41) is 8.97. The van der Waals surface area contributed by atoms with Gasteiger partial charge in [0, 0.05) is 0 Å². The summed E-state index contributed by atoms with van der Waals surface area (Å²) in [6.07, 6.45) is 0. The van der Waals surface area contributed by atoms with Crippen LogP contribution in [0.15, 0.2) is 17.5 Å². The second-order valence-corrected chi connectivity index (χ2v) is 4.28. The first kappa shape index (κ1) is 15.5. The van der Waals surface area contributed by atoms with Gasteiger partial charge in [0.1, 0.15) is 0 Å². The molecule has 0 aromatic carbocycles. The molecular formula is C9H4F6O3S. The zero-order chi connectivity index (χ0) is 15.1. The van der Waals surface area contributed by atoms with Gasteiger partial charge in [-0.05, 0) is 11.4 Å². The maximum absolute atomic E-state index is 13.2. The fourth-order valence-corrected chi connectivity index (χ4v) is 1.73. The Hall–Kier alpha value is -1.58. The number of rotatable bonds is 5. The topological polar surface area (TPSA) is 54.4 Å². The second-order valence-electron chi connectivity index (χ2n) is 3.33. The molecule has 10 heteroatoms. The molecule has 1 aromatic rings. The molecule has 0 atom stereocenters. The van der Waals surface area contributed by atoms with Crippen LogP contribution in [-0.4, -0.2) is 34.6 Å². The van der Waals surface area contributed by atoms with E-state index in [0.717, 1.165) is 17.5 Å². The van der Waals surface area contributed by atoms with Crippen molar-refractivity contribution in [1.82, 2.24) is 0 Å². The molecule has 0 unspecified atom stereocenters. The summed E-state index contributed by atoms with van der Waals surface area (Å²) in [7, 11) is 0. The summed E-state index contributed by atoms with van der Waals surface area (Å²) in [4.78, 5) is 20.2. The van der Waals surface area contributed by atoms with E-state index in [9.17, 15) is 35.9 Å². The third-order valence-corrected chi connectivity index (χ3v) is 2.96. The fourth-order valence-electron chi connectivity index (χ4n) is 1.04. The minimum atomic E-state index is -6.35. The third kappa shape index (κ3) is 2.20. The molecule has 1 heterocycles. The van der Waals surface area contributed by atoms with Gasteiger partial charge < -0.3 is 5.11 Å². The largest absolute Gasteiger partial charge is 0.477 e. The van der Waals surface area contributed by atoms with E-state index in [4.69, 9.17) is 5.11 Å². The number of thiophene rings is 1. The van der Waals surface area contributed by atoms with Gasteiger partial charge >= 0.3 is 23.7 Å². The van der Waals surface area contributed by atoms with Crippen LogP contribution in [0.2, 0.25) is 0 Å². The van der Waals surface area contributed by atoms with Gasteiger partial charge in [0.25, 0.3) is 0 Å². The van der Waals surface area contributed by atoms with E-state index in [1.807, 2.05) is 0 Å². The first-order valence-electron chi connectivity index (χ1n) is 4.41. The Labute approximate surface area is 105 Å². The molecule has 1 rings (SSSR count). The van der Waals surface area contributed by atoms with E-state index in [0.29, 0.717) is 11.3 Å². The zero-order valence-corrected chi connectivity index (χ0v) is 9.49. The molecule has 0 bridgehead atoms. The van der Waals surface area contributed by atoms with Crippen LogP contribution in [0.25, 0.3) is 0 Å². The average Bonchev–Trinajstić information content (AvgIpc) is 2.80. The number of hydrogen-bond donors (Lipinski definition) is 1. The molecule has 19 heavy (non-hydrogen) atoms. The van der Waals surface area contributed by atoms with Crippen LogP contribution >= 0.6 is 11.3 Å². The predicted molar refractivity (Wildman–Crippen MR) is 51.1 cm³/mol. The summed E-state index contributed by atoms with van der Waals surface area (Å²) < 4.78 is 77.6. The molecular weight excluding hydrogens is 302 g/mol. The maximum atomic E-state index is 13.2. The van der Waals surface area contributed by atoms with Crippen molar-refractivity contribution in [3.8, 4) is 0 Å². The highest BCUT2D eigenvalue weighted by Gasteiger charge is 2.78. The van der Waals surface area contributed by atoms with Gasteiger partial charge in [0.15, 0.2) is 0 Å². The number of carboxylic acids is 1. The monoisotopic (exact) mass is 306 g/mol. The lowest BCUT2D eigenvalue weighted by atomic mass is 10.00. The quantitative estimate of drug-likeness (QED) is 0.672. The van der Waals surface area contributed by atoms with Crippen LogP contribution in [0.4, 0.5) is 26.3 Å². The Morgan fingerprint density at radius 2 is 1.58 bits per heavy atom. The number of ketones is 1. The number of hydrogen-bond acceptors (Lipinski definition) is 3. The average molecular weight is 306 g/mol. The number of alkyl halides is 6. The van der Waals surface area contributed by atoms with Crippen LogP contribution in [0.3, 0.4) is 0 Å². The number of carboxylic acid groups (broad SMARTS) is 1. The molecule has 0 aliphatic rings. The molecule has 0 spiro atoms. The summed E-state index contributed by atoms with van der Waals surface area (Å²) in [6.45, 7) is 0.